The Bertz CT molecular complexity index is 222. The molecule has 0 saturated heterocycles. The molecule has 0 saturated carbocycles. The summed E-state index contributed by atoms with van der Waals surface area (Å²) < 4.78 is 14.9. The van der Waals surface area contributed by atoms with Crippen LogP contribution in [0.15, 0.2) is 0 Å². The van der Waals surface area contributed by atoms with Gasteiger partial charge in [-0.1, -0.05) is 20.8 Å². The summed E-state index contributed by atoms with van der Waals surface area (Å²) in [4.78, 5) is 11.1. The number of ether oxygens (including phenoxy) is 3. The van der Waals surface area contributed by atoms with Crippen LogP contribution in [-0.4, -0.2) is 33.1 Å². The van der Waals surface area contributed by atoms with Gasteiger partial charge in [-0.15, -0.1) is 0 Å². The molecule has 0 fully saturated rings. The zero-order valence-electron chi connectivity index (χ0n) is 13.9. The molecule has 0 amide bonds. The molecule has 0 aliphatic carbocycles. The molecule has 1 unspecified atom stereocenters. The Hall–Kier alpha value is -0.610. The van der Waals surface area contributed by atoms with E-state index in [1.807, 2.05) is 27.7 Å². The first kappa shape index (κ1) is 20.7. The summed E-state index contributed by atoms with van der Waals surface area (Å²) >= 11 is 0. The van der Waals surface area contributed by atoms with Crippen LogP contribution in [0.25, 0.3) is 0 Å². The van der Waals surface area contributed by atoms with Gasteiger partial charge in [-0.3, -0.25) is 4.79 Å². The molecule has 1 atom stereocenters. The average Bonchev–Trinajstić information content (AvgIpc) is 2.40. The molecule has 0 rings (SSSR count). The topological polar surface area (TPSA) is 44.8 Å². The Labute approximate surface area is 118 Å². The first-order valence-electron chi connectivity index (χ1n) is 7.03. The Morgan fingerprint density at radius 1 is 1.11 bits per heavy atom. The van der Waals surface area contributed by atoms with Gasteiger partial charge in [0.1, 0.15) is 0 Å². The van der Waals surface area contributed by atoms with Crippen molar-refractivity contribution in [1.29, 1.82) is 0 Å². The fraction of sp³-hybridized carbons (Fsp3) is 0.933. The second kappa shape index (κ2) is 11.2. The van der Waals surface area contributed by atoms with E-state index in [0.717, 1.165) is 12.8 Å². The summed E-state index contributed by atoms with van der Waals surface area (Å²) in [6.07, 6.45) is 1.88. The summed E-state index contributed by atoms with van der Waals surface area (Å²) in [5.41, 5.74) is -0.310. The fourth-order valence-corrected chi connectivity index (χ4v) is 1.22. The molecule has 19 heavy (non-hydrogen) atoms. The van der Waals surface area contributed by atoms with E-state index in [2.05, 4.69) is 13.8 Å². The van der Waals surface area contributed by atoms with Crippen LogP contribution in [0.4, 0.5) is 0 Å². The number of hydrogen-bond acceptors (Lipinski definition) is 4. The number of rotatable bonds is 7. The van der Waals surface area contributed by atoms with Crippen molar-refractivity contribution in [2.45, 2.75) is 60.7 Å². The molecule has 0 aliphatic heterocycles. The molecule has 0 aromatic carbocycles. The largest absolute Gasteiger partial charge is 0.466 e. The molecule has 4 heteroatoms. The van der Waals surface area contributed by atoms with Crippen LogP contribution >= 0.6 is 0 Å². The monoisotopic (exact) mass is 276 g/mol. The molecule has 0 heterocycles. The fourth-order valence-electron chi connectivity index (χ4n) is 1.22. The maximum Gasteiger partial charge on any atom is 0.311 e. The van der Waals surface area contributed by atoms with Crippen LogP contribution in [0.5, 0.6) is 0 Å². The number of esters is 1. The van der Waals surface area contributed by atoms with E-state index < -0.39 is 0 Å². The summed E-state index contributed by atoms with van der Waals surface area (Å²) in [7, 11) is 3.33. The van der Waals surface area contributed by atoms with Crippen molar-refractivity contribution in [1.82, 2.24) is 0 Å². The maximum absolute atomic E-state index is 11.1. The van der Waals surface area contributed by atoms with Gasteiger partial charge in [0.2, 0.25) is 0 Å². The summed E-state index contributed by atoms with van der Waals surface area (Å²) in [5, 5.41) is 0. The van der Waals surface area contributed by atoms with Gasteiger partial charge in [-0.25, -0.2) is 0 Å². The number of carbonyl (C=O) groups is 1. The van der Waals surface area contributed by atoms with E-state index in [1.54, 1.807) is 14.2 Å². The first-order valence-corrected chi connectivity index (χ1v) is 7.03. The molecule has 0 aliphatic rings. The molecule has 0 radical (unpaired) electrons. The highest BCUT2D eigenvalue weighted by atomic mass is 16.7. The minimum Gasteiger partial charge on any atom is -0.466 e. The summed E-state index contributed by atoms with van der Waals surface area (Å²) in [5.74, 6) is 0.387. The van der Waals surface area contributed by atoms with E-state index in [4.69, 9.17) is 14.2 Å². The standard InChI is InChI=1S/C8H16O2.C7H16O2/c1-5-8(3,4)7(9)10-6-2;1-5-6(2)7(8-3)9-4/h5-6H2,1-4H3;6-7H,5H2,1-4H3. The first-order chi connectivity index (χ1) is 8.80. The summed E-state index contributed by atoms with van der Waals surface area (Å²) in [6.45, 7) is 12.3. The highest BCUT2D eigenvalue weighted by Crippen LogP contribution is 2.20. The Kier molecular flexibility index (Phi) is 12.2. The van der Waals surface area contributed by atoms with Crippen molar-refractivity contribution in [3.05, 3.63) is 0 Å². The predicted molar refractivity (Wildman–Crippen MR) is 78.0 cm³/mol. The van der Waals surface area contributed by atoms with Crippen LogP contribution in [0.3, 0.4) is 0 Å². The van der Waals surface area contributed by atoms with Crippen molar-refractivity contribution < 1.29 is 19.0 Å². The van der Waals surface area contributed by atoms with Gasteiger partial charge in [0.05, 0.1) is 12.0 Å². The lowest BCUT2D eigenvalue weighted by Crippen LogP contribution is -2.25. The Morgan fingerprint density at radius 3 is 1.79 bits per heavy atom. The third-order valence-electron chi connectivity index (χ3n) is 3.29. The zero-order valence-corrected chi connectivity index (χ0v) is 13.9. The van der Waals surface area contributed by atoms with Crippen LogP contribution in [-0.2, 0) is 19.0 Å². The second-order valence-corrected chi connectivity index (χ2v) is 5.18. The van der Waals surface area contributed by atoms with Crippen molar-refractivity contribution in [3.8, 4) is 0 Å². The molecule has 0 aromatic heterocycles. The van der Waals surface area contributed by atoms with E-state index >= 15 is 0 Å². The van der Waals surface area contributed by atoms with Crippen LogP contribution in [0, 0.1) is 11.3 Å². The lowest BCUT2D eigenvalue weighted by atomic mass is 9.91. The quantitative estimate of drug-likeness (QED) is 0.526. The van der Waals surface area contributed by atoms with Gasteiger partial charge in [0.25, 0.3) is 0 Å². The van der Waals surface area contributed by atoms with E-state index in [-0.39, 0.29) is 17.7 Å². The predicted octanol–water partition coefficient (Wildman–Crippen LogP) is 3.64. The van der Waals surface area contributed by atoms with Crippen LogP contribution in [0.1, 0.15) is 54.4 Å². The molecular weight excluding hydrogens is 244 g/mol. The van der Waals surface area contributed by atoms with Gasteiger partial charge in [-0.05, 0) is 33.6 Å². The maximum atomic E-state index is 11.1. The second-order valence-electron chi connectivity index (χ2n) is 5.18. The Morgan fingerprint density at radius 2 is 1.58 bits per heavy atom. The third-order valence-corrected chi connectivity index (χ3v) is 3.29. The van der Waals surface area contributed by atoms with E-state index in [9.17, 15) is 4.79 Å². The minimum absolute atomic E-state index is 0.0324. The normalized spacial score (nSPS) is 12.7. The van der Waals surface area contributed by atoms with Crippen LogP contribution < -0.4 is 0 Å². The Balaban J connectivity index is 0. The molecule has 0 N–H and O–H groups in total. The van der Waals surface area contributed by atoms with Crippen molar-refractivity contribution in [2.24, 2.45) is 11.3 Å². The van der Waals surface area contributed by atoms with Crippen molar-refractivity contribution in [2.75, 3.05) is 20.8 Å². The van der Waals surface area contributed by atoms with E-state index in [1.165, 1.54) is 0 Å². The number of hydrogen-bond donors (Lipinski definition) is 0. The minimum atomic E-state index is -0.310. The van der Waals surface area contributed by atoms with Crippen LogP contribution in [0.2, 0.25) is 0 Å². The van der Waals surface area contributed by atoms with Gasteiger partial charge >= 0.3 is 5.97 Å². The number of carbonyl (C=O) groups excluding carboxylic acids is 1. The molecular formula is C15H32O4. The van der Waals surface area contributed by atoms with Gasteiger partial charge in [-0.2, -0.15) is 0 Å². The van der Waals surface area contributed by atoms with Gasteiger partial charge in [0.15, 0.2) is 6.29 Å². The highest BCUT2D eigenvalue weighted by molar-refractivity contribution is 5.75. The van der Waals surface area contributed by atoms with Crippen molar-refractivity contribution >= 4 is 5.97 Å². The van der Waals surface area contributed by atoms with Crippen molar-refractivity contribution in [3.63, 3.8) is 0 Å². The lowest BCUT2D eigenvalue weighted by Gasteiger charge is -2.19. The lowest BCUT2D eigenvalue weighted by molar-refractivity contribution is -0.153. The summed E-state index contributed by atoms with van der Waals surface area (Å²) in [6, 6.07) is 0. The van der Waals surface area contributed by atoms with E-state index in [0.29, 0.717) is 12.5 Å². The molecule has 116 valence electrons. The van der Waals surface area contributed by atoms with Gasteiger partial charge < -0.3 is 14.2 Å². The molecule has 4 nitrogen and oxygen atoms in total. The molecule has 0 aromatic rings. The smallest absolute Gasteiger partial charge is 0.311 e. The third kappa shape index (κ3) is 9.00. The SMILES string of the molecule is CCC(C)C(OC)OC.CCOC(=O)C(C)(C)CC. The zero-order chi connectivity index (χ0) is 15.5. The average molecular weight is 276 g/mol. The number of methoxy groups -OCH3 is 2. The molecule has 0 spiro atoms. The highest BCUT2D eigenvalue weighted by Gasteiger charge is 2.26. The van der Waals surface area contributed by atoms with Gasteiger partial charge in [0, 0.05) is 20.1 Å². The molecule has 0 bridgehead atoms.